The molecular weight excluding hydrogens is 218 g/mol. The van der Waals surface area contributed by atoms with Gasteiger partial charge in [-0.05, 0) is 19.4 Å². The summed E-state index contributed by atoms with van der Waals surface area (Å²) in [6.45, 7) is 3.40. The van der Waals surface area contributed by atoms with Crippen LogP contribution in [0.3, 0.4) is 0 Å². The van der Waals surface area contributed by atoms with Crippen LogP contribution in [0.5, 0.6) is 0 Å². The molecule has 0 aliphatic rings. The summed E-state index contributed by atoms with van der Waals surface area (Å²) in [6, 6.07) is 0. The minimum absolute atomic E-state index is 0.383. The van der Waals surface area contributed by atoms with Gasteiger partial charge in [-0.3, -0.25) is 0 Å². The largest absolute Gasteiger partial charge is 0.478 e. The Morgan fingerprint density at radius 1 is 1.65 bits per heavy atom. The molecule has 17 heavy (non-hydrogen) atoms. The van der Waals surface area contributed by atoms with Gasteiger partial charge in [-0.1, -0.05) is 13.0 Å². The Balaban J connectivity index is 2.78. The summed E-state index contributed by atoms with van der Waals surface area (Å²) in [7, 11) is 0. The predicted molar refractivity (Wildman–Crippen MR) is 65.6 cm³/mol. The van der Waals surface area contributed by atoms with E-state index in [-0.39, 0.29) is 0 Å². The molecule has 0 aromatic carbocycles. The summed E-state index contributed by atoms with van der Waals surface area (Å²) in [4.78, 5) is 15.1. The van der Waals surface area contributed by atoms with Crippen molar-refractivity contribution in [1.29, 1.82) is 0 Å². The fourth-order valence-corrected chi connectivity index (χ4v) is 1.63. The third kappa shape index (κ3) is 4.03. The Hall–Kier alpha value is -1.62. The second kappa shape index (κ2) is 6.85. The number of aryl methyl sites for hydroxylation is 1. The van der Waals surface area contributed by atoms with Crippen molar-refractivity contribution >= 4 is 5.97 Å². The van der Waals surface area contributed by atoms with Crippen molar-refractivity contribution in [3.63, 3.8) is 0 Å². The van der Waals surface area contributed by atoms with Crippen molar-refractivity contribution in [3.8, 4) is 0 Å². The molecule has 0 radical (unpaired) electrons. The molecule has 0 amide bonds. The fraction of sp³-hybridized carbons (Fsp3) is 0.500. The van der Waals surface area contributed by atoms with Crippen LogP contribution < -0.4 is 5.73 Å². The molecule has 5 nitrogen and oxygen atoms in total. The normalized spacial score (nSPS) is 11.8. The van der Waals surface area contributed by atoms with E-state index in [0.29, 0.717) is 25.0 Å². The van der Waals surface area contributed by atoms with Gasteiger partial charge in [-0.2, -0.15) is 0 Å². The fourth-order valence-electron chi connectivity index (χ4n) is 1.63. The monoisotopic (exact) mass is 237 g/mol. The van der Waals surface area contributed by atoms with E-state index in [1.54, 1.807) is 18.6 Å². The zero-order chi connectivity index (χ0) is 12.7. The highest BCUT2D eigenvalue weighted by Gasteiger charge is 2.10. The van der Waals surface area contributed by atoms with Crippen molar-refractivity contribution < 1.29 is 9.90 Å². The number of aliphatic carboxylic acids is 1. The van der Waals surface area contributed by atoms with Crippen molar-refractivity contribution in [2.45, 2.75) is 32.7 Å². The Morgan fingerprint density at radius 2 is 2.41 bits per heavy atom. The second-order valence-corrected chi connectivity index (χ2v) is 3.87. The lowest BCUT2D eigenvalue weighted by Gasteiger charge is -2.07. The van der Waals surface area contributed by atoms with Gasteiger partial charge in [-0.15, -0.1) is 0 Å². The van der Waals surface area contributed by atoms with E-state index in [4.69, 9.17) is 10.8 Å². The summed E-state index contributed by atoms with van der Waals surface area (Å²) in [5.74, 6) is -0.886. The van der Waals surface area contributed by atoms with E-state index < -0.39 is 5.97 Å². The molecule has 1 rings (SSSR count). The van der Waals surface area contributed by atoms with Crippen LogP contribution in [0.2, 0.25) is 0 Å². The Morgan fingerprint density at radius 3 is 3.00 bits per heavy atom. The number of nitrogens with two attached hydrogens (primary N) is 1. The topological polar surface area (TPSA) is 81.1 Å². The molecular formula is C12H19N3O2. The number of aromatic nitrogens is 2. The lowest BCUT2D eigenvalue weighted by atomic mass is 10.1. The molecule has 1 aromatic rings. The van der Waals surface area contributed by atoms with Gasteiger partial charge in [0.25, 0.3) is 0 Å². The van der Waals surface area contributed by atoms with Crippen LogP contribution >= 0.6 is 0 Å². The highest BCUT2D eigenvalue weighted by Crippen LogP contribution is 2.09. The van der Waals surface area contributed by atoms with Gasteiger partial charge in [0.2, 0.25) is 0 Å². The van der Waals surface area contributed by atoms with Gasteiger partial charge >= 0.3 is 5.97 Å². The number of carboxylic acid groups (broad SMARTS) is 1. The number of rotatable bonds is 7. The minimum atomic E-state index is -0.886. The van der Waals surface area contributed by atoms with E-state index in [0.717, 1.165) is 18.7 Å². The zero-order valence-electron chi connectivity index (χ0n) is 10.1. The maximum Gasteiger partial charge on any atom is 0.331 e. The predicted octanol–water partition coefficient (Wildman–Crippen LogP) is 1.20. The standard InChI is InChI=1S/C12H19N3O2/c1-2-6-15-9-14-8-11(15)7-10(12(16)17)4-3-5-13/h4,8-9H,2-3,5-7,13H2,1H3,(H,16,17)/b10-4-. The van der Waals surface area contributed by atoms with E-state index in [1.807, 2.05) is 4.57 Å². The van der Waals surface area contributed by atoms with Crippen LogP contribution in [-0.4, -0.2) is 27.2 Å². The zero-order valence-corrected chi connectivity index (χ0v) is 10.1. The first kappa shape index (κ1) is 13.4. The average molecular weight is 237 g/mol. The molecule has 3 N–H and O–H groups in total. The highest BCUT2D eigenvalue weighted by atomic mass is 16.4. The number of imidazole rings is 1. The Kier molecular flexibility index (Phi) is 5.42. The first-order valence-electron chi connectivity index (χ1n) is 5.80. The van der Waals surface area contributed by atoms with Gasteiger partial charge in [0.1, 0.15) is 0 Å². The van der Waals surface area contributed by atoms with Crippen molar-refractivity contribution in [1.82, 2.24) is 9.55 Å². The second-order valence-electron chi connectivity index (χ2n) is 3.87. The summed E-state index contributed by atoms with van der Waals surface area (Å²) in [5.41, 5.74) is 6.68. The summed E-state index contributed by atoms with van der Waals surface area (Å²) >= 11 is 0. The maximum atomic E-state index is 11.1. The SMILES string of the molecule is CCCn1cncc1C/C(=C/CCN)C(=O)O. The number of carbonyl (C=O) groups is 1. The molecule has 0 saturated heterocycles. The molecule has 0 saturated carbocycles. The van der Waals surface area contributed by atoms with Crippen LogP contribution in [0.4, 0.5) is 0 Å². The van der Waals surface area contributed by atoms with Crippen LogP contribution in [0.1, 0.15) is 25.5 Å². The first-order valence-corrected chi connectivity index (χ1v) is 5.80. The van der Waals surface area contributed by atoms with Gasteiger partial charge in [0.15, 0.2) is 0 Å². The van der Waals surface area contributed by atoms with Crippen molar-refractivity contribution in [2.75, 3.05) is 6.54 Å². The van der Waals surface area contributed by atoms with Crippen molar-refractivity contribution in [3.05, 3.63) is 29.9 Å². The lowest BCUT2D eigenvalue weighted by Crippen LogP contribution is -2.09. The first-order chi connectivity index (χ1) is 8.19. The third-order valence-corrected chi connectivity index (χ3v) is 2.47. The Bertz CT molecular complexity index is 396. The molecule has 94 valence electrons. The molecule has 0 spiro atoms. The number of nitrogens with zero attached hydrogens (tertiary/aromatic N) is 2. The third-order valence-electron chi connectivity index (χ3n) is 2.47. The van der Waals surface area contributed by atoms with Gasteiger partial charge in [-0.25, -0.2) is 9.78 Å². The maximum absolute atomic E-state index is 11.1. The molecule has 0 unspecified atom stereocenters. The van der Waals surface area contributed by atoms with E-state index >= 15 is 0 Å². The summed E-state index contributed by atoms with van der Waals surface area (Å²) in [5, 5.41) is 9.08. The van der Waals surface area contributed by atoms with Gasteiger partial charge in [0, 0.05) is 30.4 Å². The molecule has 0 aliphatic heterocycles. The van der Waals surface area contributed by atoms with Crippen LogP contribution in [0.25, 0.3) is 0 Å². The summed E-state index contributed by atoms with van der Waals surface area (Å²) in [6.07, 6.45) is 7.12. The Labute approximate surface area is 101 Å². The highest BCUT2D eigenvalue weighted by molar-refractivity contribution is 5.86. The molecule has 0 atom stereocenters. The number of hydrogen-bond acceptors (Lipinski definition) is 3. The van der Waals surface area contributed by atoms with Crippen LogP contribution in [0.15, 0.2) is 24.2 Å². The lowest BCUT2D eigenvalue weighted by molar-refractivity contribution is -0.132. The minimum Gasteiger partial charge on any atom is -0.478 e. The number of hydrogen-bond donors (Lipinski definition) is 2. The molecule has 1 heterocycles. The van der Waals surface area contributed by atoms with E-state index in [9.17, 15) is 4.79 Å². The summed E-state index contributed by atoms with van der Waals surface area (Å²) < 4.78 is 1.99. The molecule has 1 aromatic heterocycles. The van der Waals surface area contributed by atoms with Gasteiger partial charge in [0.05, 0.1) is 6.33 Å². The smallest absolute Gasteiger partial charge is 0.331 e. The molecule has 5 heteroatoms. The van der Waals surface area contributed by atoms with Crippen LogP contribution in [0, 0.1) is 0 Å². The van der Waals surface area contributed by atoms with Crippen molar-refractivity contribution in [2.24, 2.45) is 5.73 Å². The average Bonchev–Trinajstić information content (AvgIpc) is 2.72. The van der Waals surface area contributed by atoms with E-state index in [2.05, 4.69) is 11.9 Å². The van der Waals surface area contributed by atoms with Crippen LogP contribution in [-0.2, 0) is 17.8 Å². The molecule has 0 aliphatic carbocycles. The number of carboxylic acids is 1. The molecule has 0 bridgehead atoms. The van der Waals surface area contributed by atoms with Gasteiger partial charge < -0.3 is 15.4 Å². The quantitative estimate of drug-likeness (QED) is 0.698. The van der Waals surface area contributed by atoms with E-state index in [1.165, 1.54) is 0 Å². The molecule has 0 fully saturated rings.